The molecule has 1 rings (SSSR count). The van der Waals surface area contributed by atoms with Crippen molar-refractivity contribution in [1.29, 1.82) is 0 Å². The number of imidazole rings is 1. The average molecular weight is 183 g/mol. The Morgan fingerprint density at radius 3 is 3.00 bits per heavy atom. The number of carboxylic acid groups (broad SMARTS) is 1. The third-order valence-corrected chi connectivity index (χ3v) is 1.92. The van der Waals surface area contributed by atoms with Crippen LogP contribution < -0.4 is 5.73 Å². The van der Waals surface area contributed by atoms with Crippen LogP contribution in [0.4, 0.5) is 0 Å². The van der Waals surface area contributed by atoms with Gasteiger partial charge in [0.25, 0.3) is 0 Å². The van der Waals surface area contributed by atoms with Crippen LogP contribution in [0.2, 0.25) is 0 Å². The van der Waals surface area contributed by atoms with Crippen LogP contribution in [0.1, 0.15) is 12.2 Å². The van der Waals surface area contributed by atoms with E-state index in [0.717, 1.165) is 5.82 Å². The highest BCUT2D eigenvalue weighted by molar-refractivity contribution is 5.72. The molecular weight excluding hydrogens is 170 g/mol. The van der Waals surface area contributed by atoms with Gasteiger partial charge >= 0.3 is 5.97 Å². The van der Waals surface area contributed by atoms with Crippen LogP contribution in [0.5, 0.6) is 0 Å². The molecule has 0 bridgehead atoms. The first-order chi connectivity index (χ1) is 6.11. The van der Waals surface area contributed by atoms with E-state index in [9.17, 15) is 4.79 Å². The summed E-state index contributed by atoms with van der Waals surface area (Å²) in [4.78, 5) is 14.4. The Hall–Kier alpha value is -1.36. The summed E-state index contributed by atoms with van der Waals surface area (Å²) in [6.07, 6.45) is 3.91. The number of nitrogens with zero attached hydrogens (tertiary/aromatic N) is 2. The molecule has 5 nitrogen and oxygen atoms in total. The van der Waals surface area contributed by atoms with Crippen molar-refractivity contribution in [2.75, 3.05) is 0 Å². The second kappa shape index (κ2) is 4.04. The van der Waals surface area contributed by atoms with Gasteiger partial charge in [0.05, 0.1) is 0 Å². The Bertz CT molecular complexity index is 295. The first-order valence-electron chi connectivity index (χ1n) is 4.07. The van der Waals surface area contributed by atoms with Crippen LogP contribution in [0, 0.1) is 6.92 Å². The number of aromatic nitrogens is 2. The van der Waals surface area contributed by atoms with E-state index in [0.29, 0.717) is 13.0 Å². The van der Waals surface area contributed by atoms with Crippen molar-refractivity contribution in [2.24, 2.45) is 5.73 Å². The summed E-state index contributed by atoms with van der Waals surface area (Å²) >= 11 is 0. The summed E-state index contributed by atoms with van der Waals surface area (Å²) in [6, 6.07) is -0.790. The maximum Gasteiger partial charge on any atom is 0.320 e. The normalized spacial score (nSPS) is 12.8. The minimum Gasteiger partial charge on any atom is -0.480 e. The first kappa shape index (κ1) is 9.73. The van der Waals surface area contributed by atoms with E-state index in [4.69, 9.17) is 10.8 Å². The maximum atomic E-state index is 10.4. The van der Waals surface area contributed by atoms with Gasteiger partial charge in [0.2, 0.25) is 0 Å². The predicted octanol–water partition coefficient (Wildman–Crippen LogP) is -0.00648. The molecule has 72 valence electrons. The van der Waals surface area contributed by atoms with Gasteiger partial charge in [-0.15, -0.1) is 0 Å². The predicted molar refractivity (Wildman–Crippen MR) is 47.2 cm³/mol. The molecule has 0 amide bonds. The number of aliphatic carboxylic acids is 1. The van der Waals surface area contributed by atoms with Crippen molar-refractivity contribution in [3.63, 3.8) is 0 Å². The molecule has 0 aromatic carbocycles. The fourth-order valence-electron chi connectivity index (χ4n) is 1.04. The van der Waals surface area contributed by atoms with Gasteiger partial charge in [0.15, 0.2) is 0 Å². The maximum absolute atomic E-state index is 10.4. The molecule has 13 heavy (non-hydrogen) atoms. The number of carboxylic acids is 1. The first-order valence-corrected chi connectivity index (χ1v) is 4.07. The molecule has 0 saturated heterocycles. The van der Waals surface area contributed by atoms with Crippen molar-refractivity contribution in [2.45, 2.75) is 25.9 Å². The molecule has 1 atom stereocenters. The van der Waals surface area contributed by atoms with Gasteiger partial charge in [-0.2, -0.15) is 0 Å². The molecule has 0 saturated carbocycles. The van der Waals surface area contributed by atoms with Gasteiger partial charge < -0.3 is 15.4 Å². The van der Waals surface area contributed by atoms with Crippen molar-refractivity contribution < 1.29 is 9.90 Å². The standard InChI is InChI=1S/C8H13N3O2/c1-6-10-3-5-11(6)4-2-7(9)8(12)13/h3,5,7H,2,4,9H2,1H3,(H,12,13)/t7-/m0/s1. The molecule has 3 N–H and O–H groups in total. The summed E-state index contributed by atoms with van der Waals surface area (Å²) in [5, 5.41) is 8.53. The van der Waals surface area contributed by atoms with Crippen LogP contribution in [-0.2, 0) is 11.3 Å². The van der Waals surface area contributed by atoms with Crippen LogP contribution in [0.3, 0.4) is 0 Å². The lowest BCUT2D eigenvalue weighted by Crippen LogP contribution is -2.31. The average Bonchev–Trinajstić information content (AvgIpc) is 2.47. The number of nitrogens with two attached hydrogens (primary N) is 1. The van der Waals surface area contributed by atoms with Crippen molar-refractivity contribution in [3.8, 4) is 0 Å². The molecule has 0 aliphatic heterocycles. The second-order valence-electron chi connectivity index (χ2n) is 2.90. The molecule has 0 fully saturated rings. The molecule has 0 spiro atoms. The summed E-state index contributed by atoms with van der Waals surface area (Å²) in [7, 11) is 0. The molecule has 0 aliphatic rings. The molecular formula is C8H13N3O2. The molecule has 1 aromatic rings. The summed E-state index contributed by atoms with van der Waals surface area (Å²) in [5.74, 6) is -0.0876. The van der Waals surface area contributed by atoms with Crippen LogP contribution in [0.25, 0.3) is 0 Å². The quantitative estimate of drug-likeness (QED) is 0.688. The Morgan fingerprint density at radius 2 is 2.54 bits per heavy atom. The highest BCUT2D eigenvalue weighted by atomic mass is 16.4. The fraction of sp³-hybridized carbons (Fsp3) is 0.500. The highest BCUT2D eigenvalue weighted by Crippen LogP contribution is 1.99. The largest absolute Gasteiger partial charge is 0.480 e. The zero-order valence-electron chi connectivity index (χ0n) is 7.47. The SMILES string of the molecule is Cc1nccn1CC[C@H](N)C(=O)O. The zero-order chi connectivity index (χ0) is 9.84. The van der Waals surface area contributed by atoms with E-state index in [-0.39, 0.29) is 0 Å². The lowest BCUT2D eigenvalue weighted by Gasteiger charge is -2.07. The van der Waals surface area contributed by atoms with Gasteiger partial charge in [-0.3, -0.25) is 4.79 Å². The number of hydrogen-bond donors (Lipinski definition) is 2. The summed E-state index contributed by atoms with van der Waals surface area (Å²) < 4.78 is 1.88. The van der Waals surface area contributed by atoms with Gasteiger partial charge in [-0.1, -0.05) is 0 Å². The molecule has 0 unspecified atom stereocenters. The smallest absolute Gasteiger partial charge is 0.320 e. The molecule has 0 radical (unpaired) electrons. The van der Waals surface area contributed by atoms with Crippen LogP contribution >= 0.6 is 0 Å². The lowest BCUT2D eigenvalue weighted by molar-refractivity contribution is -0.138. The third kappa shape index (κ3) is 2.55. The Kier molecular flexibility index (Phi) is 3.02. The monoisotopic (exact) mass is 183 g/mol. The highest BCUT2D eigenvalue weighted by Gasteiger charge is 2.10. The number of aryl methyl sites for hydroxylation is 2. The Morgan fingerprint density at radius 1 is 1.85 bits per heavy atom. The van der Waals surface area contributed by atoms with Gasteiger partial charge in [0.1, 0.15) is 11.9 Å². The van der Waals surface area contributed by atoms with Crippen LogP contribution in [-0.4, -0.2) is 26.7 Å². The number of carbonyl (C=O) groups is 1. The van der Waals surface area contributed by atoms with Gasteiger partial charge in [0, 0.05) is 18.9 Å². The van der Waals surface area contributed by atoms with Crippen molar-refractivity contribution in [3.05, 3.63) is 18.2 Å². The van der Waals surface area contributed by atoms with E-state index < -0.39 is 12.0 Å². The van der Waals surface area contributed by atoms with Crippen molar-refractivity contribution in [1.82, 2.24) is 9.55 Å². The Balaban J connectivity index is 2.44. The number of rotatable bonds is 4. The topological polar surface area (TPSA) is 81.1 Å². The molecule has 1 aromatic heterocycles. The van der Waals surface area contributed by atoms with E-state index in [1.165, 1.54) is 0 Å². The molecule has 0 aliphatic carbocycles. The van der Waals surface area contributed by atoms with E-state index in [1.807, 2.05) is 17.7 Å². The van der Waals surface area contributed by atoms with Gasteiger partial charge in [-0.25, -0.2) is 4.98 Å². The van der Waals surface area contributed by atoms with Crippen LogP contribution in [0.15, 0.2) is 12.4 Å². The van der Waals surface area contributed by atoms with Crippen molar-refractivity contribution >= 4 is 5.97 Å². The van der Waals surface area contributed by atoms with Gasteiger partial charge in [-0.05, 0) is 13.3 Å². The summed E-state index contributed by atoms with van der Waals surface area (Å²) in [5.41, 5.74) is 5.35. The molecule has 5 heteroatoms. The number of hydrogen-bond acceptors (Lipinski definition) is 3. The zero-order valence-corrected chi connectivity index (χ0v) is 7.47. The Labute approximate surface area is 76.2 Å². The lowest BCUT2D eigenvalue weighted by atomic mass is 10.2. The second-order valence-corrected chi connectivity index (χ2v) is 2.90. The van der Waals surface area contributed by atoms with E-state index in [2.05, 4.69) is 4.98 Å². The minimum atomic E-state index is -0.960. The van der Waals surface area contributed by atoms with E-state index >= 15 is 0 Å². The summed E-state index contributed by atoms with van der Waals surface area (Å²) in [6.45, 7) is 2.46. The third-order valence-electron chi connectivity index (χ3n) is 1.92. The fourth-order valence-corrected chi connectivity index (χ4v) is 1.04. The van der Waals surface area contributed by atoms with E-state index in [1.54, 1.807) is 6.20 Å². The molecule has 1 heterocycles. The minimum absolute atomic E-state index is 0.423.